The van der Waals surface area contributed by atoms with Gasteiger partial charge in [0, 0.05) is 0 Å². The molecule has 0 spiro atoms. The van der Waals surface area contributed by atoms with Gasteiger partial charge < -0.3 is 0 Å². The molecule has 0 aliphatic rings. The topological polar surface area (TPSA) is 0 Å². The zero-order valence-electron chi connectivity index (χ0n) is 4.64. The largest absolute Gasteiger partial charge is 0.269 e. The Morgan fingerprint density at radius 1 is 1.14 bits per heavy atom. The Kier molecular flexibility index (Phi) is 125. The molecule has 0 fully saturated rings. The molecule has 0 amide bonds. The van der Waals surface area contributed by atoms with Crippen LogP contribution in [0.1, 0.15) is 13.3 Å². The van der Waals surface area contributed by atoms with Crippen LogP contribution in [0, 0.1) is 0 Å². The van der Waals surface area contributed by atoms with Crippen molar-refractivity contribution in [2.24, 2.45) is 0 Å². The first kappa shape index (κ1) is 26.5. The van der Waals surface area contributed by atoms with Gasteiger partial charge in [-0.25, -0.2) is 0 Å². The van der Waals surface area contributed by atoms with Crippen LogP contribution in [0.15, 0.2) is 0 Å². The molecule has 0 nitrogen and oxygen atoms in total. The smallest absolute Gasteiger partial charge is 0.269 e. The van der Waals surface area contributed by atoms with E-state index in [9.17, 15) is 0 Å². The van der Waals surface area contributed by atoms with Crippen molar-refractivity contribution in [3.05, 3.63) is 0 Å². The zero-order valence-corrected chi connectivity index (χ0v) is 8.84. The van der Waals surface area contributed by atoms with E-state index in [1.54, 1.807) is 0 Å². The maximum absolute atomic E-state index is 2.23. The molecule has 7 heavy (non-hydrogen) atoms. The SMILES string of the molecule is CC[CH2][GeH3].F.F.F. The molecule has 0 radical (unpaired) electrons. The van der Waals surface area contributed by atoms with Crippen molar-refractivity contribution in [1.29, 1.82) is 0 Å². The van der Waals surface area contributed by atoms with Crippen molar-refractivity contribution in [3.8, 4) is 0 Å². The molecule has 50 valence electrons. The van der Waals surface area contributed by atoms with Gasteiger partial charge in [-0.15, -0.1) is 0 Å². The predicted octanol–water partition coefficient (Wildman–Crippen LogP) is 0.638. The second-order valence-electron chi connectivity index (χ2n) is 1.000. The molecule has 0 aromatic carbocycles. The Morgan fingerprint density at radius 2 is 1.29 bits per heavy atom. The van der Waals surface area contributed by atoms with E-state index < -0.39 is 0 Å². The van der Waals surface area contributed by atoms with Gasteiger partial charge in [-0.2, -0.15) is 0 Å². The van der Waals surface area contributed by atoms with Crippen molar-refractivity contribution < 1.29 is 14.1 Å². The van der Waals surface area contributed by atoms with E-state index in [4.69, 9.17) is 0 Å². The van der Waals surface area contributed by atoms with Gasteiger partial charge in [0.25, 0.3) is 0 Å². The molecule has 0 aromatic heterocycles. The minimum Gasteiger partial charge on any atom is -0.269 e. The summed E-state index contributed by atoms with van der Waals surface area (Å²) in [6.45, 7) is 2.23. The van der Waals surface area contributed by atoms with Crippen LogP contribution >= 0.6 is 0 Å². The van der Waals surface area contributed by atoms with E-state index in [-0.39, 0.29) is 14.1 Å². The Morgan fingerprint density at radius 3 is 1.29 bits per heavy atom. The molecule has 0 unspecified atom stereocenters. The van der Waals surface area contributed by atoms with Crippen LogP contribution < -0.4 is 0 Å². The number of rotatable bonds is 1. The third-order valence-corrected chi connectivity index (χ3v) is 2.60. The van der Waals surface area contributed by atoms with Crippen LogP contribution in [0.4, 0.5) is 14.1 Å². The minimum absolute atomic E-state index is 0. The van der Waals surface area contributed by atoms with Gasteiger partial charge in [0.15, 0.2) is 0 Å². The van der Waals surface area contributed by atoms with Gasteiger partial charge in [0.05, 0.1) is 0 Å². The Balaban J connectivity index is -0.0000000150. The monoisotopic (exact) mass is 180 g/mol. The molecular formula is C3H13F3Ge. The number of halogens is 3. The number of hydrogen-bond donors (Lipinski definition) is 0. The minimum atomic E-state index is 0. The molecule has 0 saturated carbocycles. The molecule has 0 rings (SSSR count). The molecule has 0 heterocycles. The summed E-state index contributed by atoms with van der Waals surface area (Å²) in [5, 5.41) is 1.51. The van der Waals surface area contributed by atoms with E-state index in [0.29, 0.717) is 0 Å². The van der Waals surface area contributed by atoms with Crippen molar-refractivity contribution >= 4 is 16.5 Å². The second-order valence-corrected chi connectivity index (χ2v) is 3.10. The van der Waals surface area contributed by atoms with E-state index in [1.807, 2.05) is 0 Å². The van der Waals surface area contributed by atoms with E-state index in [1.165, 1.54) is 11.7 Å². The maximum atomic E-state index is 2.23. The summed E-state index contributed by atoms with van der Waals surface area (Å²) in [5.41, 5.74) is 0. The molecule has 0 aliphatic heterocycles. The average molecular weight is 179 g/mol. The first-order valence-electron chi connectivity index (χ1n) is 1.91. The quantitative estimate of drug-likeness (QED) is 0.517. The van der Waals surface area contributed by atoms with Gasteiger partial charge >= 0.3 is 35.1 Å². The molecule has 0 atom stereocenters. The predicted molar refractivity (Wildman–Crippen MR) is 32.5 cm³/mol. The van der Waals surface area contributed by atoms with E-state index in [0.717, 1.165) is 16.5 Å². The van der Waals surface area contributed by atoms with Crippen molar-refractivity contribution in [3.63, 3.8) is 0 Å². The van der Waals surface area contributed by atoms with Gasteiger partial charge in [-0.3, -0.25) is 14.1 Å². The maximum Gasteiger partial charge on any atom is -0.269 e. The molecular weight excluding hydrogens is 166 g/mol. The number of hydrogen-bond acceptors (Lipinski definition) is 0. The van der Waals surface area contributed by atoms with Crippen LogP contribution in [0.3, 0.4) is 0 Å². The van der Waals surface area contributed by atoms with E-state index in [2.05, 4.69) is 6.92 Å². The van der Waals surface area contributed by atoms with Gasteiger partial charge in [-0.05, 0) is 0 Å². The van der Waals surface area contributed by atoms with E-state index >= 15 is 0 Å². The molecule has 0 saturated heterocycles. The van der Waals surface area contributed by atoms with Crippen LogP contribution in [0.25, 0.3) is 0 Å². The summed E-state index contributed by atoms with van der Waals surface area (Å²) in [6, 6.07) is 0. The fraction of sp³-hybridized carbons (Fsp3) is 1.00. The first-order chi connectivity index (χ1) is 1.91. The fourth-order valence-corrected chi connectivity index (χ4v) is 0. The van der Waals surface area contributed by atoms with Crippen LogP contribution in [-0.4, -0.2) is 16.5 Å². The zero-order chi connectivity index (χ0) is 3.41. The van der Waals surface area contributed by atoms with Crippen molar-refractivity contribution in [1.82, 2.24) is 0 Å². The fourth-order valence-electron chi connectivity index (χ4n) is 0. The molecule has 4 heteroatoms. The normalized spacial score (nSPS) is 4.71. The summed E-state index contributed by atoms with van der Waals surface area (Å²) < 4.78 is 0. The van der Waals surface area contributed by atoms with Crippen molar-refractivity contribution in [2.75, 3.05) is 0 Å². The van der Waals surface area contributed by atoms with Crippen LogP contribution in [-0.2, 0) is 0 Å². The first-order valence-corrected chi connectivity index (χ1v) is 4.88. The summed E-state index contributed by atoms with van der Waals surface area (Å²) in [7, 11) is 0. The third-order valence-electron chi connectivity index (χ3n) is 0.500. The summed E-state index contributed by atoms with van der Waals surface area (Å²) in [4.78, 5) is 0. The van der Waals surface area contributed by atoms with Crippen LogP contribution in [0.2, 0.25) is 5.25 Å². The van der Waals surface area contributed by atoms with Crippen LogP contribution in [0.5, 0.6) is 0 Å². The third kappa shape index (κ3) is 66.9. The van der Waals surface area contributed by atoms with Gasteiger partial charge in [0.1, 0.15) is 0 Å². The Labute approximate surface area is 50.0 Å². The summed E-state index contributed by atoms with van der Waals surface area (Å²) in [5.74, 6) is 0. The summed E-state index contributed by atoms with van der Waals surface area (Å²) in [6.07, 6.45) is 1.40. The second kappa shape index (κ2) is 33.1. The van der Waals surface area contributed by atoms with Gasteiger partial charge in [-0.1, -0.05) is 0 Å². The standard InChI is InChI=1S/C3H10Ge.3FH/c1-2-3-4;;;/h2-3H2,1,4H3;3*1H. The Hall–Kier alpha value is 0.333. The molecule has 0 aliphatic carbocycles. The van der Waals surface area contributed by atoms with Crippen molar-refractivity contribution in [2.45, 2.75) is 18.6 Å². The molecule has 0 bridgehead atoms. The molecule has 0 N–H and O–H groups in total. The summed E-state index contributed by atoms with van der Waals surface area (Å²) >= 11 is 1.11. The van der Waals surface area contributed by atoms with Gasteiger partial charge in [0.2, 0.25) is 0 Å². The Bertz CT molecular complexity index is 12.1. The average Bonchev–Trinajstić information content (AvgIpc) is 1.37. The molecule has 0 aromatic rings.